The van der Waals surface area contributed by atoms with Crippen molar-refractivity contribution in [1.82, 2.24) is 0 Å². The maximum absolute atomic E-state index is 5.67. The van der Waals surface area contributed by atoms with Crippen LogP contribution in [0.3, 0.4) is 0 Å². The number of nitrogens with two attached hydrogens (primary N) is 1. The van der Waals surface area contributed by atoms with Gasteiger partial charge < -0.3 is 11.1 Å². The largest absolute Gasteiger partial charge is 0.397 e. The molecule has 0 unspecified atom stereocenters. The summed E-state index contributed by atoms with van der Waals surface area (Å²) in [6.45, 7) is 0. The molecule has 0 aliphatic carbocycles. The summed E-state index contributed by atoms with van der Waals surface area (Å²) in [6, 6.07) is 5.36. The normalized spacial score (nSPS) is 7.83. The lowest BCUT2D eigenvalue weighted by atomic mass is 10.3. The molecule has 0 saturated heterocycles. The highest BCUT2D eigenvalue weighted by atomic mass is 35.5. The fourth-order valence-corrected chi connectivity index (χ4v) is 0.942. The quantitative estimate of drug-likeness (QED) is 0.727. The van der Waals surface area contributed by atoms with Gasteiger partial charge in [-0.3, -0.25) is 0 Å². The van der Waals surface area contributed by atoms with Gasteiger partial charge in [-0.15, -0.1) is 24.8 Å². The smallest absolute Gasteiger partial charge is 0.0572 e. The Morgan fingerprint density at radius 1 is 1.33 bits per heavy atom. The van der Waals surface area contributed by atoms with Gasteiger partial charge in [0.05, 0.1) is 11.4 Å². The molecule has 0 aliphatic rings. The Morgan fingerprint density at radius 2 is 1.92 bits per heavy atom. The molecule has 0 spiro atoms. The molecule has 0 bridgehead atoms. The average molecular weight is 230 g/mol. The third kappa shape index (κ3) is 3.39. The highest BCUT2D eigenvalue weighted by Crippen LogP contribution is 2.21. The number of hydrogen-bond donors (Lipinski definition) is 2. The monoisotopic (exact) mass is 228 g/mol. The molecule has 2 nitrogen and oxygen atoms in total. The SMILES string of the molecule is CNc1ccc(Cl)cc1N.Cl.Cl. The zero-order chi connectivity index (χ0) is 7.56. The van der Waals surface area contributed by atoms with Gasteiger partial charge in [0.2, 0.25) is 0 Å². The van der Waals surface area contributed by atoms with E-state index in [9.17, 15) is 0 Å². The van der Waals surface area contributed by atoms with E-state index in [1.54, 1.807) is 12.1 Å². The minimum Gasteiger partial charge on any atom is -0.397 e. The maximum Gasteiger partial charge on any atom is 0.0572 e. The third-order valence-corrected chi connectivity index (χ3v) is 1.52. The van der Waals surface area contributed by atoms with Crippen LogP contribution in [-0.2, 0) is 0 Å². The molecule has 0 amide bonds. The number of benzene rings is 1. The van der Waals surface area contributed by atoms with Crippen LogP contribution in [0.4, 0.5) is 11.4 Å². The predicted octanol–water partition coefficient (Wildman–Crippen LogP) is 2.81. The molecule has 3 N–H and O–H groups in total. The average Bonchev–Trinajstić information content (AvgIpc) is 1.88. The number of nitrogens with one attached hydrogen (secondary N) is 1. The number of nitrogen functional groups attached to an aromatic ring is 1. The lowest BCUT2D eigenvalue weighted by molar-refractivity contribution is 1.51. The van der Waals surface area contributed by atoms with Crippen LogP contribution in [0.5, 0.6) is 0 Å². The van der Waals surface area contributed by atoms with Crippen molar-refractivity contribution >= 4 is 47.8 Å². The molecular weight excluding hydrogens is 218 g/mol. The van der Waals surface area contributed by atoms with Crippen molar-refractivity contribution in [1.29, 1.82) is 0 Å². The molecule has 0 saturated carbocycles. The van der Waals surface area contributed by atoms with E-state index in [1.807, 2.05) is 13.1 Å². The molecule has 1 aromatic rings. The molecule has 12 heavy (non-hydrogen) atoms. The Hall–Kier alpha value is -0.310. The van der Waals surface area contributed by atoms with Gasteiger partial charge in [0.25, 0.3) is 0 Å². The van der Waals surface area contributed by atoms with Gasteiger partial charge >= 0.3 is 0 Å². The minimum absolute atomic E-state index is 0. The van der Waals surface area contributed by atoms with Crippen LogP contribution < -0.4 is 11.1 Å². The summed E-state index contributed by atoms with van der Waals surface area (Å²) in [5.74, 6) is 0. The predicted molar refractivity (Wildman–Crippen MR) is 59.9 cm³/mol. The zero-order valence-electron chi connectivity index (χ0n) is 6.50. The van der Waals surface area contributed by atoms with Crippen LogP contribution in [0, 0.1) is 0 Å². The fourth-order valence-electron chi connectivity index (χ4n) is 0.761. The topological polar surface area (TPSA) is 38.0 Å². The first-order valence-corrected chi connectivity index (χ1v) is 3.34. The van der Waals surface area contributed by atoms with E-state index in [1.165, 1.54) is 0 Å². The van der Waals surface area contributed by atoms with Gasteiger partial charge in [-0.1, -0.05) is 11.6 Å². The summed E-state index contributed by atoms with van der Waals surface area (Å²) < 4.78 is 0. The molecule has 70 valence electrons. The van der Waals surface area contributed by atoms with Gasteiger partial charge in [0.15, 0.2) is 0 Å². The van der Waals surface area contributed by atoms with Crippen molar-refractivity contribution in [2.75, 3.05) is 18.1 Å². The summed E-state index contributed by atoms with van der Waals surface area (Å²) in [6.07, 6.45) is 0. The van der Waals surface area contributed by atoms with Crippen molar-refractivity contribution in [2.24, 2.45) is 0 Å². The van der Waals surface area contributed by atoms with Crippen molar-refractivity contribution in [3.05, 3.63) is 23.2 Å². The third-order valence-electron chi connectivity index (χ3n) is 1.28. The standard InChI is InChI=1S/C7H9ClN2.2ClH/c1-10-7-3-2-5(8)4-6(7)9;;/h2-4,10H,9H2,1H3;2*1H. The van der Waals surface area contributed by atoms with Crippen LogP contribution in [0.25, 0.3) is 0 Å². The summed E-state index contributed by atoms with van der Waals surface area (Å²) in [5.41, 5.74) is 7.17. The van der Waals surface area contributed by atoms with E-state index in [-0.39, 0.29) is 24.8 Å². The molecule has 1 aromatic carbocycles. The Labute approximate surface area is 89.3 Å². The van der Waals surface area contributed by atoms with Crippen molar-refractivity contribution in [3.8, 4) is 0 Å². The summed E-state index contributed by atoms with van der Waals surface area (Å²) in [7, 11) is 1.82. The Balaban J connectivity index is 0. The zero-order valence-corrected chi connectivity index (χ0v) is 8.89. The van der Waals surface area contributed by atoms with Crippen LogP contribution >= 0.6 is 36.4 Å². The van der Waals surface area contributed by atoms with E-state index in [0.29, 0.717) is 10.7 Å². The van der Waals surface area contributed by atoms with Crippen LogP contribution in [0.15, 0.2) is 18.2 Å². The number of anilines is 2. The summed E-state index contributed by atoms with van der Waals surface area (Å²) in [5, 5.41) is 3.60. The first kappa shape index (κ1) is 14.2. The Bertz CT molecular complexity index is 240. The first-order chi connectivity index (χ1) is 4.74. The van der Waals surface area contributed by atoms with Crippen molar-refractivity contribution < 1.29 is 0 Å². The lowest BCUT2D eigenvalue weighted by Gasteiger charge is -2.03. The van der Waals surface area contributed by atoms with Crippen LogP contribution in [0.1, 0.15) is 0 Å². The molecule has 0 aliphatic heterocycles. The summed E-state index contributed by atoms with van der Waals surface area (Å²) >= 11 is 5.67. The second-order valence-electron chi connectivity index (χ2n) is 1.98. The first-order valence-electron chi connectivity index (χ1n) is 2.97. The molecule has 1 rings (SSSR count). The van der Waals surface area contributed by atoms with Gasteiger partial charge in [0.1, 0.15) is 0 Å². The number of halogens is 3. The van der Waals surface area contributed by atoms with E-state index >= 15 is 0 Å². The second-order valence-corrected chi connectivity index (χ2v) is 2.42. The van der Waals surface area contributed by atoms with Crippen LogP contribution in [-0.4, -0.2) is 7.05 Å². The van der Waals surface area contributed by atoms with Gasteiger partial charge in [-0.2, -0.15) is 0 Å². The van der Waals surface area contributed by atoms with Gasteiger partial charge in [-0.05, 0) is 18.2 Å². The molecule has 0 atom stereocenters. The van der Waals surface area contributed by atoms with Crippen LogP contribution in [0.2, 0.25) is 5.02 Å². The van der Waals surface area contributed by atoms with E-state index in [2.05, 4.69) is 5.32 Å². The van der Waals surface area contributed by atoms with E-state index in [4.69, 9.17) is 17.3 Å². The highest BCUT2D eigenvalue weighted by Gasteiger charge is 1.94. The summed E-state index contributed by atoms with van der Waals surface area (Å²) in [4.78, 5) is 0. The van der Waals surface area contributed by atoms with Gasteiger partial charge in [0, 0.05) is 12.1 Å². The number of rotatable bonds is 1. The molecular formula is C7H11Cl3N2. The number of hydrogen-bond acceptors (Lipinski definition) is 2. The van der Waals surface area contributed by atoms with Crippen molar-refractivity contribution in [3.63, 3.8) is 0 Å². The Kier molecular flexibility index (Phi) is 7.39. The molecule has 5 heteroatoms. The van der Waals surface area contributed by atoms with Crippen molar-refractivity contribution in [2.45, 2.75) is 0 Å². The second kappa shape index (κ2) is 6.23. The fraction of sp³-hybridized carbons (Fsp3) is 0.143. The molecule has 0 aromatic heterocycles. The van der Waals surface area contributed by atoms with E-state index in [0.717, 1.165) is 5.69 Å². The molecule has 0 radical (unpaired) electrons. The lowest BCUT2D eigenvalue weighted by Crippen LogP contribution is -1.94. The highest BCUT2D eigenvalue weighted by molar-refractivity contribution is 6.31. The Morgan fingerprint density at radius 3 is 2.33 bits per heavy atom. The molecule has 0 fully saturated rings. The minimum atomic E-state index is 0. The maximum atomic E-state index is 5.67. The van der Waals surface area contributed by atoms with Gasteiger partial charge in [-0.25, -0.2) is 0 Å². The van der Waals surface area contributed by atoms with E-state index < -0.39 is 0 Å². The molecule has 0 heterocycles.